The van der Waals surface area contributed by atoms with Crippen molar-refractivity contribution >= 4 is 5.91 Å². The molecule has 2 rings (SSSR count). The van der Waals surface area contributed by atoms with Crippen LogP contribution in [0.3, 0.4) is 0 Å². The molecule has 0 radical (unpaired) electrons. The van der Waals surface area contributed by atoms with Crippen molar-refractivity contribution in [3.63, 3.8) is 0 Å². The van der Waals surface area contributed by atoms with Crippen molar-refractivity contribution in [1.82, 2.24) is 9.88 Å². The first-order valence-electron chi connectivity index (χ1n) is 5.38. The van der Waals surface area contributed by atoms with Crippen molar-refractivity contribution in [3.05, 3.63) is 17.8 Å². The first-order chi connectivity index (χ1) is 7.16. The van der Waals surface area contributed by atoms with Crippen LogP contribution >= 0.6 is 0 Å². The molecule has 0 bridgehead atoms. The van der Waals surface area contributed by atoms with Gasteiger partial charge in [-0.2, -0.15) is 0 Å². The molecule has 0 spiro atoms. The Morgan fingerprint density at radius 2 is 2.47 bits per heavy atom. The molecule has 15 heavy (non-hydrogen) atoms. The molecule has 1 aromatic heterocycles. The lowest BCUT2D eigenvalue weighted by Gasteiger charge is -2.30. The van der Waals surface area contributed by atoms with Gasteiger partial charge < -0.3 is 9.32 Å². The topological polar surface area (TPSA) is 46.3 Å². The number of carbonyl (C=O) groups is 1. The first kappa shape index (κ1) is 10.2. The Bertz CT molecular complexity index is 359. The number of amides is 1. The third kappa shape index (κ3) is 2.19. The van der Waals surface area contributed by atoms with Crippen molar-refractivity contribution in [2.45, 2.75) is 26.7 Å². The highest BCUT2D eigenvalue weighted by Gasteiger charge is 2.24. The molecule has 1 fully saturated rings. The molecule has 4 nitrogen and oxygen atoms in total. The molecular weight excluding hydrogens is 192 g/mol. The van der Waals surface area contributed by atoms with Crippen LogP contribution in [0.4, 0.5) is 0 Å². The van der Waals surface area contributed by atoms with Crippen LogP contribution in [-0.4, -0.2) is 28.9 Å². The fourth-order valence-corrected chi connectivity index (χ4v) is 1.99. The normalized spacial score (nSPS) is 21.7. The molecule has 1 aliphatic heterocycles. The van der Waals surface area contributed by atoms with Crippen molar-refractivity contribution in [1.29, 1.82) is 0 Å². The Hall–Kier alpha value is -1.32. The van der Waals surface area contributed by atoms with E-state index >= 15 is 0 Å². The number of rotatable bonds is 1. The van der Waals surface area contributed by atoms with Crippen molar-refractivity contribution in [2.24, 2.45) is 5.92 Å². The molecular formula is C11H16N2O2. The Kier molecular flexibility index (Phi) is 2.75. The molecule has 1 unspecified atom stereocenters. The fraction of sp³-hybridized carbons (Fsp3) is 0.636. The minimum Gasteiger partial charge on any atom is -0.436 e. The zero-order chi connectivity index (χ0) is 10.8. The van der Waals surface area contributed by atoms with Crippen LogP contribution in [0.25, 0.3) is 0 Å². The van der Waals surface area contributed by atoms with Crippen molar-refractivity contribution < 1.29 is 9.21 Å². The largest absolute Gasteiger partial charge is 0.436 e. The van der Waals surface area contributed by atoms with E-state index in [4.69, 9.17) is 4.42 Å². The standard InChI is InChI=1S/C11H16N2O2/c1-8-4-3-5-13(7-8)11(14)10-6-12-9(2)15-10/h6,8H,3-5,7H2,1-2H3. The summed E-state index contributed by atoms with van der Waals surface area (Å²) in [5.41, 5.74) is 0. The number of aromatic nitrogens is 1. The van der Waals surface area contributed by atoms with Gasteiger partial charge in [0.2, 0.25) is 5.76 Å². The summed E-state index contributed by atoms with van der Waals surface area (Å²) >= 11 is 0. The molecule has 1 atom stereocenters. The summed E-state index contributed by atoms with van der Waals surface area (Å²) < 4.78 is 5.23. The smallest absolute Gasteiger partial charge is 0.291 e. The number of piperidine rings is 1. The van der Waals surface area contributed by atoms with E-state index in [0.29, 0.717) is 17.6 Å². The molecule has 1 saturated heterocycles. The van der Waals surface area contributed by atoms with Gasteiger partial charge in [-0.15, -0.1) is 0 Å². The van der Waals surface area contributed by atoms with Gasteiger partial charge in [-0.1, -0.05) is 6.92 Å². The third-order valence-corrected chi connectivity index (χ3v) is 2.78. The lowest BCUT2D eigenvalue weighted by molar-refractivity contribution is 0.0649. The molecule has 4 heteroatoms. The average Bonchev–Trinajstić information content (AvgIpc) is 2.64. The molecule has 1 aromatic rings. The van der Waals surface area contributed by atoms with Crippen LogP contribution in [0, 0.1) is 12.8 Å². The quantitative estimate of drug-likeness (QED) is 0.707. The SMILES string of the molecule is Cc1ncc(C(=O)N2CCCC(C)C2)o1. The summed E-state index contributed by atoms with van der Waals surface area (Å²) in [4.78, 5) is 17.7. The van der Waals surface area contributed by atoms with E-state index in [1.807, 2.05) is 4.90 Å². The van der Waals surface area contributed by atoms with E-state index in [-0.39, 0.29) is 5.91 Å². The van der Waals surface area contributed by atoms with Crippen LogP contribution in [0.1, 0.15) is 36.2 Å². The zero-order valence-corrected chi connectivity index (χ0v) is 9.19. The molecule has 2 heterocycles. The predicted octanol–water partition coefficient (Wildman–Crippen LogP) is 1.86. The lowest BCUT2D eigenvalue weighted by atomic mass is 10.0. The second-order valence-corrected chi connectivity index (χ2v) is 4.24. The molecule has 1 amide bonds. The Balaban J connectivity index is 2.07. The Morgan fingerprint density at radius 3 is 3.07 bits per heavy atom. The van der Waals surface area contributed by atoms with Crippen LogP contribution in [-0.2, 0) is 0 Å². The maximum absolute atomic E-state index is 12.0. The van der Waals surface area contributed by atoms with Crippen molar-refractivity contribution in [2.75, 3.05) is 13.1 Å². The zero-order valence-electron chi connectivity index (χ0n) is 9.19. The van der Waals surface area contributed by atoms with Gasteiger partial charge in [0, 0.05) is 20.0 Å². The summed E-state index contributed by atoms with van der Waals surface area (Å²) in [6, 6.07) is 0. The lowest BCUT2D eigenvalue weighted by Crippen LogP contribution is -2.38. The Morgan fingerprint density at radius 1 is 1.67 bits per heavy atom. The second-order valence-electron chi connectivity index (χ2n) is 4.24. The number of hydrogen-bond donors (Lipinski definition) is 0. The molecule has 82 valence electrons. The van der Waals surface area contributed by atoms with Crippen LogP contribution in [0.5, 0.6) is 0 Å². The van der Waals surface area contributed by atoms with Gasteiger partial charge in [0.1, 0.15) is 0 Å². The van der Waals surface area contributed by atoms with E-state index in [9.17, 15) is 4.79 Å². The van der Waals surface area contributed by atoms with E-state index < -0.39 is 0 Å². The summed E-state index contributed by atoms with van der Waals surface area (Å²) in [6.45, 7) is 5.59. The molecule has 1 aliphatic rings. The average molecular weight is 208 g/mol. The van der Waals surface area contributed by atoms with E-state index in [0.717, 1.165) is 19.5 Å². The molecule has 0 N–H and O–H groups in total. The van der Waals surface area contributed by atoms with Gasteiger partial charge in [-0.05, 0) is 18.8 Å². The first-order valence-corrected chi connectivity index (χ1v) is 5.38. The van der Waals surface area contributed by atoms with Crippen LogP contribution < -0.4 is 0 Å². The van der Waals surface area contributed by atoms with Crippen molar-refractivity contribution in [3.8, 4) is 0 Å². The van der Waals surface area contributed by atoms with E-state index in [1.54, 1.807) is 6.92 Å². The number of carbonyl (C=O) groups excluding carboxylic acids is 1. The number of hydrogen-bond acceptors (Lipinski definition) is 3. The summed E-state index contributed by atoms with van der Waals surface area (Å²) in [5.74, 6) is 1.47. The highest BCUT2D eigenvalue weighted by Crippen LogP contribution is 2.18. The summed E-state index contributed by atoms with van der Waals surface area (Å²) in [5, 5.41) is 0. The predicted molar refractivity (Wildman–Crippen MR) is 55.5 cm³/mol. The van der Waals surface area contributed by atoms with Gasteiger partial charge in [0.05, 0.1) is 6.20 Å². The molecule has 0 aliphatic carbocycles. The maximum Gasteiger partial charge on any atom is 0.291 e. The minimum absolute atomic E-state index is 0.0258. The van der Waals surface area contributed by atoms with Gasteiger partial charge in [-0.3, -0.25) is 4.79 Å². The fourth-order valence-electron chi connectivity index (χ4n) is 1.99. The highest BCUT2D eigenvalue weighted by molar-refractivity contribution is 5.91. The van der Waals surface area contributed by atoms with Gasteiger partial charge in [-0.25, -0.2) is 4.98 Å². The third-order valence-electron chi connectivity index (χ3n) is 2.78. The van der Waals surface area contributed by atoms with Gasteiger partial charge >= 0.3 is 0 Å². The number of nitrogens with zero attached hydrogens (tertiary/aromatic N) is 2. The molecule has 0 aromatic carbocycles. The Labute approximate surface area is 89.3 Å². The number of likely N-dealkylation sites (tertiary alicyclic amines) is 1. The van der Waals surface area contributed by atoms with Crippen LogP contribution in [0.2, 0.25) is 0 Å². The number of aryl methyl sites for hydroxylation is 1. The summed E-state index contributed by atoms with van der Waals surface area (Å²) in [6.07, 6.45) is 3.80. The second kappa shape index (κ2) is 4.04. The van der Waals surface area contributed by atoms with E-state index in [2.05, 4.69) is 11.9 Å². The summed E-state index contributed by atoms with van der Waals surface area (Å²) in [7, 11) is 0. The number of oxazole rings is 1. The minimum atomic E-state index is -0.0258. The molecule has 0 saturated carbocycles. The monoisotopic (exact) mass is 208 g/mol. The van der Waals surface area contributed by atoms with Crippen LogP contribution in [0.15, 0.2) is 10.6 Å². The highest BCUT2D eigenvalue weighted by atomic mass is 16.4. The van der Waals surface area contributed by atoms with Gasteiger partial charge in [0.15, 0.2) is 5.89 Å². The van der Waals surface area contributed by atoms with Gasteiger partial charge in [0.25, 0.3) is 5.91 Å². The maximum atomic E-state index is 12.0. The van der Waals surface area contributed by atoms with E-state index in [1.165, 1.54) is 12.6 Å².